The van der Waals surface area contributed by atoms with E-state index in [1.165, 1.54) is 0 Å². The average molecular weight is 304 g/mol. The van der Waals surface area contributed by atoms with Crippen LogP contribution in [0.5, 0.6) is 5.75 Å². The van der Waals surface area contributed by atoms with Gasteiger partial charge in [0.25, 0.3) is 0 Å². The zero-order chi connectivity index (χ0) is 15.5. The summed E-state index contributed by atoms with van der Waals surface area (Å²) < 4.78 is 5.28. The van der Waals surface area contributed by atoms with E-state index in [1.807, 2.05) is 23.1 Å². The highest BCUT2D eigenvalue weighted by Crippen LogP contribution is 2.28. The van der Waals surface area contributed by atoms with Crippen LogP contribution < -0.4 is 20.7 Å². The van der Waals surface area contributed by atoms with Crippen LogP contribution in [0.25, 0.3) is 0 Å². The van der Waals surface area contributed by atoms with E-state index in [0.29, 0.717) is 11.4 Å². The fourth-order valence-corrected chi connectivity index (χ4v) is 3.20. The minimum Gasteiger partial charge on any atom is -0.495 e. The Bertz CT molecular complexity index is 535. The van der Waals surface area contributed by atoms with Gasteiger partial charge in [-0.05, 0) is 31.5 Å². The van der Waals surface area contributed by atoms with E-state index in [4.69, 9.17) is 10.5 Å². The van der Waals surface area contributed by atoms with Gasteiger partial charge in [-0.25, -0.2) is 0 Å². The number of hydrogen-bond acceptors (Lipinski definition) is 5. The first-order valence-electron chi connectivity index (χ1n) is 7.89. The van der Waals surface area contributed by atoms with Crippen molar-refractivity contribution in [2.75, 3.05) is 50.5 Å². The van der Waals surface area contributed by atoms with Crippen LogP contribution in [0, 0.1) is 0 Å². The molecule has 3 N–H and O–H groups in total. The summed E-state index contributed by atoms with van der Waals surface area (Å²) in [6.07, 6.45) is 2.07. The predicted molar refractivity (Wildman–Crippen MR) is 87.2 cm³/mol. The molecule has 2 fully saturated rings. The fourth-order valence-electron chi connectivity index (χ4n) is 3.20. The molecular formula is C16H24N4O2. The molecule has 1 aromatic carbocycles. The minimum absolute atomic E-state index is 0.0307. The molecule has 0 aliphatic carbocycles. The Balaban J connectivity index is 1.60. The van der Waals surface area contributed by atoms with Crippen LogP contribution >= 0.6 is 0 Å². The number of amides is 1. The van der Waals surface area contributed by atoms with Gasteiger partial charge >= 0.3 is 0 Å². The van der Waals surface area contributed by atoms with E-state index >= 15 is 0 Å². The molecule has 0 aromatic heterocycles. The van der Waals surface area contributed by atoms with Crippen molar-refractivity contribution in [3.63, 3.8) is 0 Å². The van der Waals surface area contributed by atoms with Gasteiger partial charge in [0.1, 0.15) is 5.75 Å². The van der Waals surface area contributed by atoms with Crippen molar-refractivity contribution in [2.24, 2.45) is 0 Å². The quantitative estimate of drug-likeness (QED) is 0.804. The summed E-state index contributed by atoms with van der Waals surface area (Å²) in [5, 5.41) is 3.28. The third kappa shape index (κ3) is 2.97. The van der Waals surface area contributed by atoms with Gasteiger partial charge in [0.15, 0.2) is 0 Å². The molecule has 0 bridgehead atoms. The number of nitrogen functional groups attached to an aromatic ring is 1. The summed E-state index contributed by atoms with van der Waals surface area (Å²) in [7, 11) is 1.63. The van der Waals surface area contributed by atoms with Gasteiger partial charge in [0, 0.05) is 37.9 Å². The summed E-state index contributed by atoms with van der Waals surface area (Å²) in [6, 6.07) is 5.87. The van der Waals surface area contributed by atoms with Gasteiger partial charge in [-0.1, -0.05) is 0 Å². The van der Waals surface area contributed by atoms with Crippen LogP contribution in [0.1, 0.15) is 12.8 Å². The number of nitrogens with one attached hydrogen (secondary N) is 1. The minimum atomic E-state index is 0.0307. The van der Waals surface area contributed by atoms with Crippen molar-refractivity contribution in [3.8, 4) is 5.75 Å². The second-order valence-electron chi connectivity index (χ2n) is 5.89. The van der Waals surface area contributed by atoms with Crippen molar-refractivity contribution in [1.29, 1.82) is 0 Å². The third-order valence-corrected chi connectivity index (χ3v) is 4.53. The fraction of sp³-hybridized carbons (Fsp3) is 0.562. The molecular weight excluding hydrogens is 280 g/mol. The zero-order valence-electron chi connectivity index (χ0n) is 13.0. The second-order valence-corrected chi connectivity index (χ2v) is 5.89. The van der Waals surface area contributed by atoms with Gasteiger partial charge in [-0.2, -0.15) is 0 Å². The summed E-state index contributed by atoms with van der Waals surface area (Å²) in [5.74, 6) is 0.957. The summed E-state index contributed by atoms with van der Waals surface area (Å²) in [5.41, 5.74) is 7.60. The SMILES string of the molecule is COc1cc(N2CCN(C(=O)[C@@H]3CCCN3)CC2)ccc1N. The van der Waals surface area contributed by atoms with Crippen LogP contribution in [-0.2, 0) is 4.79 Å². The van der Waals surface area contributed by atoms with Crippen LogP contribution in [0.2, 0.25) is 0 Å². The Morgan fingerprint density at radius 3 is 2.73 bits per heavy atom. The lowest BCUT2D eigenvalue weighted by Gasteiger charge is -2.37. The molecule has 0 saturated carbocycles. The van der Waals surface area contributed by atoms with E-state index in [9.17, 15) is 4.79 Å². The molecule has 2 heterocycles. The Kier molecular flexibility index (Phi) is 4.38. The maximum Gasteiger partial charge on any atom is 0.239 e. The monoisotopic (exact) mass is 304 g/mol. The number of nitrogens with zero attached hydrogens (tertiary/aromatic N) is 2. The predicted octanol–water partition coefficient (Wildman–Crippen LogP) is 0.678. The second kappa shape index (κ2) is 6.44. The molecule has 3 rings (SSSR count). The van der Waals surface area contributed by atoms with E-state index in [0.717, 1.165) is 51.3 Å². The molecule has 0 radical (unpaired) electrons. The number of piperazine rings is 1. The highest BCUT2D eigenvalue weighted by atomic mass is 16.5. The summed E-state index contributed by atoms with van der Waals surface area (Å²) in [4.78, 5) is 16.6. The van der Waals surface area contributed by atoms with Crippen molar-refractivity contribution in [2.45, 2.75) is 18.9 Å². The molecule has 0 unspecified atom stereocenters. The van der Waals surface area contributed by atoms with Gasteiger partial charge in [0.2, 0.25) is 5.91 Å². The van der Waals surface area contributed by atoms with Gasteiger partial charge < -0.3 is 25.6 Å². The van der Waals surface area contributed by atoms with E-state index in [1.54, 1.807) is 7.11 Å². The first kappa shape index (κ1) is 15.0. The number of carbonyl (C=O) groups excluding carboxylic acids is 1. The Morgan fingerprint density at radius 1 is 1.32 bits per heavy atom. The molecule has 6 nitrogen and oxygen atoms in total. The zero-order valence-corrected chi connectivity index (χ0v) is 13.0. The Hall–Kier alpha value is -1.95. The molecule has 2 saturated heterocycles. The van der Waals surface area contributed by atoms with Gasteiger partial charge in [0.05, 0.1) is 18.8 Å². The third-order valence-electron chi connectivity index (χ3n) is 4.53. The van der Waals surface area contributed by atoms with E-state index in [-0.39, 0.29) is 11.9 Å². The number of carbonyl (C=O) groups is 1. The summed E-state index contributed by atoms with van der Waals surface area (Å²) >= 11 is 0. The Morgan fingerprint density at radius 2 is 2.09 bits per heavy atom. The lowest BCUT2D eigenvalue weighted by atomic mass is 10.1. The first-order chi connectivity index (χ1) is 10.7. The van der Waals surface area contributed by atoms with Crippen molar-refractivity contribution >= 4 is 17.3 Å². The average Bonchev–Trinajstić information content (AvgIpc) is 3.09. The number of rotatable bonds is 3. The van der Waals surface area contributed by atoms with Crippen LogP contribution in [0.4, 0.5) is 11.4 Å². The number of methoxy groups -OCH3 is 1. The van der Waals surface area contributed by atoms with Crippen LogP contribution in [0.15, 0.2) is 18.2 Å². The van der Waals surface area contributed by atoms with E-state index in [2.05, 4.69) is 10.2 Å². The van der Waals surface area contributed by atoms with Crippen molar-refractivity contribution in [3.05, 3.63) is 18.2 Å². The van der Waals surface area contributed by atoms with Crippen molar-refractivity contribution < 1.29 is 9.53 Å². The highest BCUT2D eigenvalue weighted by Gasteiger charge is 2.29. The first-order valence-corrected chi connectivity index (χ1v) is 7.89. The topological polar surface area (TPSA) is 70.8 Å². The lowest BCUT2D eigenvalue weighted by Crippen LogP contribution is -2.53. The lowest BCUT2D eigenvalue weighted by molar-refractivity contribution is -0.133. The van der Waals surface area contributed by atoms with Crippen LogP contribution in [-0.4, -0.2) is 56.7 Å². The largest absolute Gasteiger partial charge is 0.495 e. The highest BCUT2D eigenvalue weighted by molar-refractivity contribution is 5.82. The number of anilines is 2. The molecule has 2 aliphatic heterocycles. The molecule has 22 heavy (non-hydrogen) atoms. The van der Waals surface area contributed by atoms with E-state index < -0.39 is 0 Å². The maximum absolute atomic E-state index is 12.4. The molecule has 0 spiro atoms. The number of nitrogens with two attached hydrogens (primary N) is 1. The molecule has 6 heteroatoms. The number of ether oxygens (including phenoxy) is 1. The molecule has 120 valence electrons. The van der Waals surface area contributed by atoms with Crippen LogP contribution in [0.3, 0.4) is 0 Å². The Labute approximate surface area is 131 Å². The smallest absolute Gasteiger partial charge is 0.239 e. The normalized spacial score (nSPS) is 22.0. The molecule has 2 aliphatic rings. The summed E-state index contributed by atoms with van der Waals surface area (Å²) in [6.45, 7) is 4.17. The molecule has 1 atom stereocenters. The molecule has 1 aromatic rings. The van der Waals surface area contributed by atoms with Gasteiger partial charge in [-0.3, -0.25) is 4.79 Å². The molecule has 1 amide bonds. The standard InChI is InChI=1S/C16H24N4O2/c1-22-15-11-12(4-5-13(15)17)19-7-9-20(10-8-19)16(21)14-3-2-6-18-14/h4-5,11,14,18H,2-3,6-10,17H2,1H3/t14-/m0/s1. The number of benzene rings is 1. The maximum atomic E-state index is 12.4. The van der Waals surface area contributed by atoms with Crippen molar-refractivity contribution in [1.82, 2.24) is 10.2 Å². The van der Waals surface area contributed by atoms with Gasteiger partial charge in [-0.15, -0.1) is 0 Å². The number of hydrogen-bond donors (Lipinski definition) is 2.